The lowest BCUT2D eigenvalue weighted by Crippen LogP contribution is -2.55. The van der Waals surface area contributed by atoms with E-state index in [0.717, 1.165) is 0 Å². The normalized spacial score (nSPS) is 20.5. The smallest absolute Gasteiger partial charge is 0.330 e. The van der Waals surface area contributed by atoms with Crippen LogP contribution in [0.5, 0.6) is 5.75 Å². The fraction of sp³-hybridized carbons (Fsp3) is 0.357. The molecular weight excluding hydrogens is 292 g/mol. The van der Waals surface area contributed by atoms with Crippen molar-refractivity contribution in [2.75, 3.05) is 18.1 Å². The Morgan fingerprint density at radius 2 is 2.14 bits per heavy atom. The first kappa shape index (κ1) is 15.2. The van der Waals surface area contributed by atoms with E-state index < -0.39 is 17.4 Å². The Balaban J connectivity index is 1.89. The van der Waals surface area contributed by atoms with Gasteiger partial charge in [0.05, 0.1) is 11.6 Å². The molecule has 0 radical (unpaired) electrons. The molecule has 1 aromatic rings. The summed E-state index contributed by atoms with van der Waals surface area (Å²) in [7, 11) is 0. The molecule has 110 valence electrons. The minimum atomic E-state index is -1.18. The van der Waals surface area contributed by atoms with Gasteiger partial charge in [-0.05, 0) is 36.4 Å². The van der Waals surface area contributed by atoms with E-state index in [1.165, 1.54) is 11.8 Å². The fourth-order valence-corrected chi connectivity index (χ4v) is 3.29. The number of rotatable bonds is 5. The number of hydrogen-bond acceptors (Lipinski definition) is 5. The lowest BCUT2D eigenvalue weighted by atomic mass is 9.99. The van der Waals surface area contributed by atoms with Crippen LogP contribution in [0.25, 0.3) is 0 Å². The zero-order valence-corrected chi connectivity index (χ0v) is 12.0. The number of carbonyl (C=O) groups is 2. The monoisotopic (exact) mass is 306 g/mol. The van der Waals surface area contributed by atoms with Gasteiger partial charge in [0.25, 0.3) is 5.91 Å². The second-order valence-corrected chi connectivity index (χ2v) is 5.77. The summed E-state index contributed by atoms with van der Waals surface area (Å²) < 4.78 is 5.28. The molecule has 1 aliphatic heterocycles. The van der Waals surface area contributed by atoms with Gasteiger partial charge in [0.15, 0.2) is 6.61 Å². The highest BCUT2D eigenvalue weighted by atomic mass is 32.2. The van der Waals surface area contributed by atoms with E-state index in [9.17, 15) is 14.7 Å². The van der Waals surface area contributed by atoms with Crippen molar-refractivity contribution in [3.63, 3.8) is 0 Å². The maximum atomic E-state index is 11.8. The van der Waals surface area contributed by atoms with Crippen molar-refractivity contribution in [2.45, 2.75) is 12.0 Å². The number of amides is 1. The first-order valence-corrected chi connectivity index (χ1v) is 7.46. The molecule has 2 N–H and O–H groups in total. The Morgan fingerprint density at radius 3 is 2.67 bits per heavy atom. The van der Waals surface area contributed by atoms with Crippen LogP contribution < -0.4 is 10.1 Å². The Labute approximate surface area is 126 Å². The highest BCUT2D eigenvalue weighted by Gasteiger charge is 2.43. The Morgan fingerprint density at radius 1 is 1.43 bits per heavy atom. The summed E-state index contributed by atoms with van der Waals surface area (Å²) in [5.41, 5.74) is -0.685. The average Bonchev–Trinajstić information content (AvgIpc) is 2.95. The van der Waals surface area contributed by atoms with E-state index in [2.05, 4.69) is 5.32 Å². The molecule has 7 heteroatoms. The quantitative estimate of drug-likeness (QED) is 0.842. The summed E-state index contributed by atoms with van der Waals surface area (Å²) in [6, 6.07) is 8.32. The van der Waals surface area contributed by atoms with Gasteiger partial charge in [-0.1, -0.05) is 0 Å². The van der Waals surface area contributed by atoms with Gasteiger partial charge in [-0.3, -0.25) is 4.79 Å². The molecule has 1 amide bonds. The summed E-state index contributed by atoms with van der Waals surface area (Å²) in [4.78, 5) is 23.1. The Bertz CT molecular complexity index is 574. The number of nitrogens with one attached hydrogen (secondary N) is 1. The van der Waals surface area contributed by atoms with E-state index in [1.807, 2.05) is 6.07 Å². The molecule has 1 aliphatic rings. The summed E-state index contributed by atoms with van der Waals surface area (Å²) in [6.07, 6.45) is 0.412. The van der Waals surface area contributed by atoms with E-state index in [0.29, 0.717) is 29.2 Å². The largest absolute Gasteiger partial charge is 0.484 e. The molecule has 0 aliphatic carbocycles. The van der Waals surface area contributed by atoms with Gasteiger partial charge in [-0.25, -0.2) is 4.79 Å². The van der Waals surface area contributed by atoms with E-state index in [1.54, 1.807) is 24.3 Å². The van der Waals surface area contributed by atoms with Crippen molar-refractivity contribution in [3.05, 3.63) is 29.8 Å². The number of carbonyl (C=O) groups excluding carboxylic acids is 1. The maximum absolute atomic E-state index is 11.8. The van der Waals surface area contributed by atoms with Gasteiger partial charge in [0, 0.05) is 5.75 Å². The fourth-order valence-electron chi connectivity index (χ4n) is 1.96. The van der Waals surface area contributed by atoms with Gasteiger partial charge in [-0.2, -0.15) is 17.0 Å². The topological polar surface area (TPSA) is 99.4 Å². The van der Waals surface area contributed by atoms with Crippen molar-refractivity contribution >= 4 is 23.6 Å². The third kappa shape index (κ3) is 3.67. The highest BCUT2D eigenvalue weighted by molar-refractivity contribution is 7.99. The van der Waals surface area contributed by atoms with Crippen LogP contribution in [-0.4, -0.2) is 40.6 Å². The third-order valence-electron chi connectivity index (χ3n) is 3.16. The predicted molar refractivity (Wildman–Crippen MR) is 77.1 cm³/mol. The van der Waals surface area contributed by atoms with Crippen LogP contribution >= 0.6 is 11.8 Å². The molecule has 1 aromatic carbocycles. The SMILES string of the molecule is N#Cc1ccc(OCC(=O)NC2(C(=O)O)CCSC2)cc1. The molecule has 0 aromatic heterocycles. The van der Waals surface area contributed by atoms with Crippen molar-refractivity contribution in [1.82, 2.24) is 5.32 Å². The van der Waals surface area contributed by atoms with E-state index in [-0.39, 0.29) is 6.61 Å². The lowest BCUT2D eigenvalue weighted by molar-refractivity contribution is -0.146. The zero-order chi connectivity index (χ0) is 15.3. The molecule has 1 atom stereocenters. The average molecular weight is 306 g/mol. The second-order valence-electron chi connectivity index (χ2n) is 4.66. The first-order valence-electron chi connectivity index (χ1n) is 6.31. The lowest BCUT2D eigenvalue weighted by Gasteiger charge is -2.24. The molecule has 0 spiro atoms. The number of thioether (sulfide) groups is 1. The molecule has 21 heavy (non-hydrogen) atoms. The van der Waals surface area contributed by atoms with Crippen LogP contribution in [0.1, 0.15) is 12.0 Å². The summed E-state index contributed by atoms with van der Waals surface area (Å²) >= 11 is 1.50. The Hall–Kier alpha value is -2.20. The Kier molecular flexibility index (Phi) is 4.70. The maximum Gasteiger partial charge on any atom is 0.330 e. The standard InChI is InChI=1S/C14H14N2O4S/c15-7-10-1-3-11(4-2-10)20-8-12(17)16-14(13(18)19)5-6-21-9-14/h1-4H,5-6,8-9H2,(H,16,17)(H,18,19). The first-order chi connectivity index (χ1) is 10.1. The number of hydrogen-bond donors (Lipinski definition) is 2. The number of benzene rings is 1. The minimum Gasteiger partial charge on any atom is -0.484 e. The zero-order valence-electron chi connectivity index (χ0n) is 11.2. The van der Waals surface area contributed by atoms with Gasteiger partial charge in [-0.15, -0.1) is 0 Å². The molecule has 1 heterocycles. The van der Waals surface area contributed by atoms with Crippen molar-refractivity contribution in [2.24, 2.45) is 0 Å². The van der Waals surface area contributed by atoms with E-state index >= 15 is 0 Å². The highest BCUT2D eigenvalue weighted by Crippen LogP contribution is 2.28. The van der Waals surface area contributed by atoms with Crippen LogP contribution in [-0.2, 0) is 9.59 Å². The molecule has 1 fully saturated rings. The van der Waals surface area contributed by atoms with Crippen LogP contribution in [0.3, 0.4) is 0 Å². The van der Waals surface area contributed by atoms with Gasteiger partial charge >= 0.3 is 5.97 Å². The minimum absolute atomic E-state index is 0.258. The van der Waals surface area contributed by atoms with Crippen LogP contribution in [0.2, 0.25) is 0 Å². The number of nitriles is 1. The van der Waals surface area contributed by atoms with E-state index in [4.69, 9.17) is 10.00 Å². The van der Waals surface area contributed by atoms with Crippen LogP contribution in [0.4, 0.5) is 0 Å². The second kappa shape index (κ2) is 6.50. The van der Waals surface area contributed by atoms with Crippen LogP contribution in [0.15, 0.2) is 24.3 Å². The van der Waals surface area contributed by atoms with Gasteiger partial charge in [0.1, 0.15) is 11.3 Å². The molecule has 1 unspecified atom stereocenters. The molecule has 0 bridgehead atoms. The van der Waals surface area contributed by atoms with Gasteiger partial charge in [0.2, 0.25) is 0 Å². The van der Waals surface area contributed by atoms with Crippen molar-refractivity contribution in [3.8, 4) is 11.8 Å². The summed E-state index contributed by atoms with van der Waals surface area (Å²) in [5, 5.41) is 20.5. The molecule has 1 saturated heterocycles. The van der Waals surface area contributed by atoms with Crippen molar-refractivity contribution < 1.29 is 19.4 Å². The molecule has 0 saturated carbocycles. The van der Waals surface area contributed by atoms with Gasteiger partial charge < -0.3 is 15.2 Å². The van der Waals surface area contributed by atoms with Crippen LogP contribution in [0, 0.1) is 11.3 Å². The number of ether oxygens (including phenoxy) is 1. The number of aliphatic carboxylic acids is 1. The third-order valence-corrected chi connectivity index (χ3v) is 4.35. The predicted octanol–water partition coefficient (Wildman–Crippen LogP) is 1.01. The number of nitrogens with zero attached hydrogens (tertiary/aromatic N) is 1. The number of carboxylic acid groups (broad SMARTS) is 1. The molecular formula is C14H14N2O4S. The molecule has 6 nitrogen and oxygen atoms in total. The number of carboxylic acids is 1. The summed E-state index contributed by atoms with van der Waals surface area (Å²) in [6.45, 7) is -0.258. The molecule has 2 rings (SSSR count). The van der Waals surface area contributed by atoms with Crippen molar-refractivity contribution in [1.29, 1.82) is 5.26 Å². The summed E-state index contributed by atoms with van der Waals surface area (Å²) in [5.74, 6) is 0.0476.